The molecule has 0 bridgehead atoms. The molecule has 0 saturated heterocycles. The van der Waals surface area contributed by atoms with Gasteiger partial charge in [0.25, 0.3) is 0 Å². The van der Waals surface area contributed by atoms with E-state index in [1.54, 1.807) is 0 Å². The van der Waals surface area contributed by atoms with Gasteiger partial charge in [-0.1, -0.05) is 104 Å². The first kappa shape index (κ1) is 22.7. The van der Waals surface area contributed by atoms with Crippen LogP contribution in [0.3, 0.4) is 0 Å². The molecule has 0 radical (unpaired) electrons. The first-order valence-corrected chi connectivity index (χ1v) is 14.8. The van der Waals surface area contributed by atoms with Gasteiger partial charge >= 0.3 is 0 Å². The molecule has 0 N–H and O–H groups in total. The SMILES string of the molecule is CC12CCCCC1(C)c1cc(-c3ccc4c(c3)C3(c5ccccc5-c5ccccc53)c3ccccc3-4)ccc1O2. The van der Waals surface area contributed by atoms with E-state index in [-0.39, 0.29) is 16.4 Å². The highest BCUT2D eigenvalue weighted by Crippen LogP contribution is 2.63. The average molecular weight is 517 g/mol. The molecule has 1 spiro atoms. The Morgan fingerprint density at radius 3 is 1.62 bits per heavy atom. The maximum absolute atomic E-state index is 6.66. The van der Waals surface area contributed by atoms with Gasteiger partial charge in [0.15, 0.2) is 0 Å². The van der Waals surface area contributed by atoms with Gasteiger partial charge in [0, 0.05) is 11.0 Å². The smallest absolute Gasteiger partial charge is 0.124 e. The summed E-state index contributed by atoms with van der Waals surface area (Å²) in [6, 6.07) is 41.3. The number of rotatable bonds is 1. The van der Waals surface area contributed by atoms with Crippen molar-refractivity contribution in [3.63, 3.8) is 0 Å². The van der Waals surface area contributed by atoms with E-state index < -0.39 is 0 Å². The maximum Gasteiger partial charge on any atom is 0.124 e. The highest BCUT2D eigenvalue weighted by Gasteiger charge is 2.55. The Bertz CT molecular complexity index is 1810. The number of hydrogen-bond donors (Lipinski definition) is 0. The lowest BCUT2D eigenvalue weighted by atomic mass is 9.63. The van der Waals surface area contributed by atoms with Crippen molar-refractivity contribution in [2.75, 3.05) is 0 Å². The lowest BCUT2D eigenvalue weighted by molar-refractivity contribution is 0.00740. The van der Waals surface area contributed by atoms with Crippen molar-refractivity contribution in [1.29, 1.82) is 0 Å². The molecule has 1 fully saturated rings. The molecule has 0 aromatic heterocycles. The molecular formula is C39H32O. The molecule has 4 aliphatic rings. The van der Waals surface area contributed by atoms with Crippen molar-refractivity contribution < 1.29 is 4.74 Å². The van der Waals surface area contributed by atoms with Crippen molar-refractivity contribution in [3.8, 4) is 39.1 Å². The second kappa shape index (κ2) is 7.55. The Kier molecular flexibility index (Phi) is 4.28. The van der Waals surface area contributed by atoms with Crippen LogP contribution < -0.4 is 4.74 Å². The molecule has 5 aromatic rings. The molecule has 194 valence electrons. The van der Waals surface area contributed by atoms with Gasteiger partial charge in [-0.15, -0.1) is 0 Å². The quantitative estimate of drug-likeness (QED) is 0.211. The van der Waals surface area contributed by atoms with Crippen LogP contribution in [0.5, 0.6) is 5.75 Å². The third kappa shape index (κ3) is 2.55. The lowest BCUT2D eigenvalue weighted by Crippen LogP contribution is -2.49. The van der Waals surface area contributed by atoms with Crippen LogP contribution in [0.2, 0.25) is 0 Å². The summed E-state index contributed by atoms with van der Waals surface area (Å²) >= 11 is 0. The highest BCUT2D eigenvalue weighted by atomic mass is 16.5. The minimum Gasteiger partial charge on any atom is -0.486 e. The molecule has 5 aromatic carbocycles. The average Bonchev–Trinajstić information content (AvgIpc) is 3.55. The molecule has 2 atom stereocenters. The number of benzene rings is 5. The Morgan fingerprint density at radius 2 is 1.00 bits per heavy atom. The summed E-state index contributed by atoms with van der Waals surface area (Å²) in [6.07, 6.45) is 4.85. The number of ether oxygens (including phenoxy) is 1. The van der Waals surface area contributed by atoms with Crippen LogP contribution in [0.25, 0.3) is 33.4 Å². The molecule has 40 heavy (non-hydrogen) atoms. The van der Waals surface area contributed by atoms with Crippen molar-refractivity contribution in [2.24, 2.45) is 0 Å². The predicted molar refractivity (Wildman–Crippen MR) is 163 cm³/mol. The summed E-state index contributed by atoms with van der Waals surface area (Å²) in [6.45, 7) is 4.76. The Morgan fingerprint density at radius 1 is 0.500 bits per heavy atom. The first-order valence-electron chi connectivity index (χ1n) is 14.8. The fourth-order valence-corrected chi connectivity index (χ4v) is 8.81. The summed E-state index contributed by atoms with van der Waals surface area (Å²) in [4.78, 5) is 0. The predicted octanol–water partition coefficient (Wildman–Crippen LogP) is 9.68. The van der Waals surface area contributed by atoms with Crippen LogP contribution in [0.4, 0.5) is 0 Å². The molecule has 3 aliphatic carbocycles. The number of hydrogen-bond acceptors (Lipinski definition) is 1. The molecule has 1 aliphatic heterocycles. The molecule has 0 amide bonds. The largest absolute Gasteiger partial charge is 0.486 e. The zero-order chi connectivity index (χ0) is 26.7. The van der Waals surface area contributed by atoms with Crippen LogP contribution in [-0.4, -0.2) is 5.60 Å². The fraction of sp³-hybridized carbons (Fsp3) is 0.231. The molecular weight excluding hydrogens is 484 g/mol. The fourth-order valence-electron chi connectivity index (χ4n) is 8.81. The normalized spacial score (nSPS) is 23.9. The van der Waals surface area contributed by atoms with Crippen LogP contribution in [0.1, 0.15) is 67.3 Å². The standard InChI is InChI=1S/C39H32O/c1-37-21-9-10-22-38(37,2)40-36-20-18-26(24-35(36)37)25-17-19-30-29-13-5-8-16-33(29)39(34(30)23-25)31-14-6-3-11-27(31)28-12-4-7-15-32(28)39/h3-8,11-20,23-24H,9-10,21-22H2,1-2H3. The Balaban J connectivity index is 1.29. The third-order valence-electron chi connectivity index (χ3n) is 11.0. The van der Waals surface area contributed by atoms with E-state index in [4.69, 9.17) is 4.74 Å². The summed E-state index contributed by atoms with van der Waals surface area (Å²) in [5, 5.41) is 0. The van der Waals surface area contributed by atoms with E-state index in [9.17, 15) is 0 Å². The van der Waals surface area contributed by atoms with Gasteiger partial charge in [-0.2, -0.15) is 0 Å². The van der Waals surface area contributed by atoms with Crippen LogP contribution >= 0.6 is 0 Å². The van der Waals surface area contributed by atoms with Gasteiger partial charge in [-0.25, -0.2) is 0 Å². The molecule has 9 rings (SSSR count). The van der Waals surface area contributed by atoms with Crippen LogP contribution in [0, 0.1) is 0 Å². The second-order valence-electron chi connectivity index (χ2n) is 12.7. The van der Waals surface area contributed by atoms with Crippen LogP contribution in [0.15, 0.2) is 109 Å². The molecule has 1 nitrogen and oxygen atoms in total. The van der Waals surface area contributed by atoms with Gasteiger partial charge in [0.05, 0.1) is 5.41 Å². The zero-order valence-electron chi connectivity index (χ0n) is 23.1. The van der Waals surface area contributed by atoms with Crippen molar-refractivity contribution in [1.82, 2.24) is 0 Å². The van der Waals surface area contributed by atoms with Crippen molar-refractivity contribution >= 4 is 0 Å². The van der Waals surface area contributed by atoms with Gasteiger partial charge in [-0.3, -0.25) is 0 Å². The Hall–Kier alpha value is -4.10. The van der Waals surface area contributed by atoms with E-state index >= 15 is 0 Å². The topological polar surface area (TPSA) is 9.23 Å². The summed E-state index contributed by atoms with van der Waals surface area (Å²) < 4.78 is 6.66. The minimum absolute atomic E-state index is 0.0636. The lowest BCUT2D eigenvalue weighted by Gasteiger charge is -2.43. The van der Waals surface area contributed by atoms with E-state index in [2.05, 4.69) is 123 Å². The highest BCUT2D eigenvalue weighted by molar-refractivity contribution is 5.95. The first-order chi connectivity index (χ1) is 19.5. The number of fused-ring (bicyclic) bond motifs is 13. The van der Waals surface area contributed by atoms with E-state index in [0.29, 0.717) is 0 Å². The molecule has 1 saturated carbocycles. The second-order valence-corrected chi connectivity index (χ2v) is 12.7. The van der Waals surface area contributed by atoms with Gasteiger partial charge in [0.1, 0.15) is 11.4 Å². The third-order valence-corrected chi connectivity index (χ3v) is 11.0. The van der Waals surface area contributed by atoms with Gasteiger partial charge in [-0.05, 0) is 100 Å². The van der Waals surface area contributed by atoms with Crippen molar-refractivity contribution in [2.45, 2.75) is 56.0 Å². The van der Waals surface area contributed by atoms with E-state index in [1.165, 1.54) is 80.5 Å². The van der Waals surface area contributed by atoms with Gasteiger partial charge in [0.2, 0.25) is 0 Å². The summed E-state index contributed by atoms with van der Waals surface area (Å²) in [5.41, 5.74) is 14.6. The molecule has 1 heterocycles. The van der Waals surface area contributed by atoms with E-state index in [1.807, 2.05) is 0 Å². The molecule has 2 unspecified atom stereocenters. The van der Waals surface area contributed by atoms with Gasteiger partial charge < -0.3 is 4.74 Å². The monoisotopic (exact) mass is 516 g/mol. The summed E-state index contributed by atoms with van der Waals surface area (Å²) in [7, 11) is 0. The maximum atomic E-state index is 6.66. The zero-order valence-corrected chi connectivity index (χ0v) is 23.1. The molecule has 1 heteroatoms. The minimum atomic E-state index is -0.303. The van der Waals surface area contributed by atoms with E-state index in [0.717, 1.165) is 12.2 Å². The Labute approximate surface area is 236 Å². The van der Waals surface area contributed by atoms with Crippen LogP contribution in [-0.2, 0) is 10.8 Å². The summed E-state index contributed by atoms with van der Waals surface area (Å²) in [5.74, 6) is 1.08. The van der Waals surface area contributed by atoms with Crippen molar-refractivity contribution in [3.05, 3.63) is 137 Å².